The van der Waals surface area contributed by atoms with Crippen LogP contribution in [0, 0.1) is 0 Å². The lowest BCUT2D eigenvalue weighted by atomic mass is 10.1. The van der Waals surface area contributed by atoms with Gasteiger partial charge in [0.2, 0.25) is 0 Å². The molecule has 0 fully saturated rings. The van der Waals surface area contributed by atoms with Gasteiger partial charge < -0.3 is 15.1 Å². The number of para-hydroxylation sites is 1. The highest BCUT2D eigenvalue weighted by molar-refractivity contribution is 8.00. The summed E-state index contributed by atoms with van der Waals surface area (Å²) in [6.07, 6.45) is 1.44. The van der Waals surface area contributed by atoms with E-state index in [2.05, 4.69) is 21.7 Å². The van der Waals surface area contributed by atoms with Crippen LogP contribution < -0.4 is 10.6 Å². The first-order valence-electron chi connectivity index (χ1n) is 9.37. The number of carbonyl (C=O) groups excluding carboxylic acids is 2. The van der Waals surface area contributed by atoms with E-state index in [-0.39, 0.29) is 17.6 Å². The van der Waals surface area contributed by atoms with E-state index in [1.807, 2.05) is 42.5 Å². The number of furan rings is 1. The molecule has 0 aliphatic heterocycles. The number of thiazole rings is 1. The molecule has 2 amide bonds. The van der Waals surface area contributed by atoms with Crippen LogP contribution in [0.2, 0.25) is 0 Å². The molecular formula is C22H19N3O3S2. The minimum atomic E-state index is -0.304. The average molecular weight is 438 g/mol. The Morgan fingerprint density at radius 2 is 1.70 bits per heavy atom. The molecule has 0 radical (unpaired) electrons. The summed E-state index contributed by atoms with van der Waals surface area (Å²) in [5.74, 6) is 0.432. The molecule has 2 aromatic heterocycles. The second-order valence-electron chi connectivity index (χ2n) is 6.38. The summed E-state index contributed by atoms with van der Waals surface area (Å²) >= 11 is 3.27. The van der Waals surface area contributed by atoms with Crippen LogP contribution in [-0.2, 0) is 5.75 Å². The molecule has 0 atom stereocenters. The van der Waals surface area contributed by atoms with Crippen molar-refractivity contribution in [1.29, 1.82) is 0 Å². The van der Waals surface area contributed by atoms with Gasteiger partial charge in [0, 0.05) is 24.4 Å². The van der Waals surface area contributed by atoms with E-state index < -0.39 is 0 Å². The molecule has 30 heavy (non-hydrogen) atoms. The Bertz CT molecular complexity index is 1120. The molecule has 0 bridgehead atoms. The van der Waals surface area contributed by atoms with Crippen molar-refractivity contribution >= 4 is 45.1 Å². The molecule has 0 saturated carbocycles. The van der Waals surface area contributed by atoms with E-state index in [1.54, 1.807) is 35.2 Å². The van der Waals surface area contributed by atoms with Crippen LogP contribution >= 0.6 is 23.1 Å². The molecule has 2 heterocycles. The maximum atomic E-state index is 12.6. The van der Waals surface area contributed by atoms with Gasteiger partial charge in [-0.25, -0.2) is 4.98 Å². The highest BCUT2D eigenvalue weighted by atomic mass is 32.2. The van der Waals surface area contributed by atoms with Gasteiger partial charge in [0.05, 0.1) is 16.5 Å². The third kappa shape index (κ3) is 4.90. The number of aromatic nitrogens is 1. The molecular weight excluding hydrogens is 418 g/mol. The quantitative estimate of drug-likeness (QED) is 0.316. The summed E-state index contributed by atoms with van der Waals surface area (Å²) in [6, 6.07) is 18.8. The van der Waals surface area contributed by atoms with E-state index in [0.717, 1.165) is 20.1 Å². The largest absolute Gasteiger partial charge is 0.459 e. The number of amides is 2. The Morgan fingerprint density at radius 1 is 0.933 bits per heavy atom. The van der Waals surface area contributed by atoms with E-state index in [0.29, 0.717) is 24.4 Å². The maximum Gasteiger partial charge on any atom is 0.287 e. The number of carbonyl (C=O) groups is 2. The fourth-order valence-electron chi connectivity index (χ4n) is 2.86. The van der Waals surface area contributed by atoms with Gasteiger partial charge in [-0.2, -0.15) is 0 Å². The topological polar surface area (TPSA) is 84.2 Å². The summed E-state index contributed by atoms with van der Waals surface area (Å²) in [4.78, 5) is 29.1. The lowest BCUT2D eigenvalue weighted by Gasteiger charge is -2.10. The third-order valence-corrected chi connectivity index (χ3v) is 6.56. The van der Waals surface area contributed by atoms with Gasteiger partial charge in [0.25, 0.3) is 11.8 Å². The SMILES string of the molecule is O=C(NCCNC(=O)c1ccccc1CSc1nc2ccccc2s1)c1ccco1. The zero-order valence-corrected chi connectivity index (χ0v) is 17.6. The van der Waals surface area contributed by atoms with Gasteiger partial charge in [-0.1, -0.05) is 42.1 Å². The van der Waals surface area contributed by atoms with Gasteiger partial charge in [0.1, 0.15) is 0 Å². The molecule has 0 saturated heterocycles. The second kappa shape index (κ2) is 9.60. The van der Waals surface area contributed by atoms with Gasteiger partial charge in [0.15, 0.2) is 10.1 Å². The number of nitrogens with zero attached hydrogens (tertiary/aromatic N) is 1. The molecule has 0 spiro atoms. The molecule has 8 heteroatoms. The van der Waals surface area contributed by atoms with Crippen LogP contribution in [0.1, 0.15) is 26.5 Å². The normalized spacial score (nSPS) is 10.8. The molecule has 152 valence electrons. The summed E-state index contributed by atoms with van der Waals surface area (Å²) < 4.78 is 7.17. The lowest BCUT2D eigenvalue weighted by molar-refractivity contribution is 0.0910. The molecule has 2 N–H and O–H groups in total. The first-order chi connectivity index (χ1) is 14.7. The first-order valence-corrected chi connectivity index (χ1v) is 11.2. The summed E-state index contributed by atoms with van der Waals surface area (Å²) in [6.45, 7) is 0.637. The van der Waals surface area contributed by atoms with Crippen LogP contribution in [0.25, 0.3) is 10.2 Å². The van der Waals surface area contributed by atoms with Crippen LogP contribution in [-0.4, -0.2) is 29.9 Å². The van der Waals surface area contributed by atoms with E-state index in [1.165, 1.54) is 6.26 Å². The van der Waals surface area contributed by atoms with Crippen molar-refractivity contribution in [1.82, 2.24) is 15.6 Å². The number of rotatable bonds is 8. The number of hydrogen-bond acceptors (Lipinski definition) is 6. The monoisotopic (exact) mass is 437 g/mol. The predicted octanol–water partition coefficient (Wildman–Crippen LogP) is 4.34. The van der Waals surface area contributed by atoms with Gasteiger partial charge >= 0.3 is 0 Å². The number of hydrogen-bond donors (Lipinski definition) is 2. The Morgan fingerprint density at radius 3 is 2.50 bits per heavy atom. The number of thioether (sulfide) groups is 1. The number of benzene rings is 2. The molecule has 4 aromatic rings. The Balaban J connectivity index is 1.31. The van der Waals surface area contributed by atoms with Crippen molar-refractivity contribution in [3.05, 3.63) is 83.8 Å². The smallest absolute Gasteiger partial charge is 0.287 e. The zero-order valence-electron chi connectivity index (χ0n) is 16.0. The third-order valence-electron chi connectivity index (χ3n) is 4.33. The summed E-state index contributed by atoms with van der Waals surface area (Å²) in [5, 5.41) is 5.56. The lowest BCUT2D eigenvalue weighted by Crippen LogP contribution is -2.34. The van der Waals surface area contributed by atoms with Gasteiger partial charge in [-0.15, -0.1) is 11.3 Å². The van der Waals surface area contributed by atoms with Crippen molar-refractivity contribution in [3.8, 4) is 0 Å². The van der Waals surface area contributed by atoms with Crippen LogP contribution in [0.3, 0.4) is 0 Å². The Kier molecular flexibility index (Phi) is 6.46. The molecule has 0 unspecified atom stereocenters. The van der Waals surface area contributed by atoms with Crippen molar-refractivity contribution < 1.29 is 14.0 Å². The van der Waals surface area contributed by atoms with E-state index in [4.69, 9.17) is 4.42 Å². The average Bonchev–Trinajstić information content (AvgIpc) is 3.45. The van der Waals surface area contributed by atoms with Crippen molar-refractivity contribution in [2.45, 2.75) is 10.1 Å². The zero-order chi connectivity index (χ0) is 20.8. The summed E-state index contributed by atoms with van der Waals surface area (Å²) in [5.41, 5.74) is 2.56. The second-order valence-corrected chi connectivity index (χ2v) is 8.64. The highest BCUT2D eigenvalue weighted by Gasteiger charge is 2.13. The minimum absolute atomic E-state index is 0.164. The fraction of sp³-hybridized carbons (Fsp3) is 0.136. The number of fused-ring (bicyclic) bond motifs is 1. The Labute approximate surface area is 181 Å². The van der Waals surface area contributed by atoms with Crippen LogP contribution in [0.4, 0.5) is 0 Å². The van der Waals surface area contributed by atoms with Gasteiger partial charge in [-0.05, 0) is 35.9 Å². The highest BCUT2D eigenvalue weighted by Crippen LogP contribution is 2.31. The van der Waals surface area contributed by atoms with Crippen molar-refractivity contribution in [3.63, 3.8) is 0 Å². The molecule has 2 aromatic carbocycles. The fourth-order valence-corrected chi connectivity index (χ4v) is 4.93. The van der Waals surface area contributed by atoms with Crippen molar-refractivity contribution in [2.75, 3.05) is 13.1 Å². The van der Waals surface area contributed by atoms with Gasteiger partial charge in [-0.3, -0.25) is 9.59 Å². The first kappa shape index (κ1) is 20.2. The van der Waals surface area contributed by atoms with Crippen LogP contribution in [0.15, 0.2) is 75.7 Å². The maximum absolute atomic E-state index is 12.6. The van der Waals surface area contributed by atoms with E-state index >= 15 is 0 Å². The molecule has 6 nitrogen and oxygen atoms in total. The molecule has 0 aliphatic carbocycles. The standard InChI is InChI=1S/C22H19N3O3S2/c26-20(23-11-12-24-21(27)18-9-5-13-28-18)16-7-2-1-6-15(16)14-29-22-25-17-8-3-4-10-19(17)30-22/h1-10,13H,11-12,14H2,(H,23,26)(H,24,27). The minimum Gasteiger partial charge on any atom is -0.459 e. The van der Waals surface area contributed by atoms with Crippen molar-refractivity contribution in [2.24, 2.45) is 0 Å². The molecule has 4 rings (SSSR count). The van der Waals surface area contributed by atoms with Crippen LogP contribution in [0.5, 0.6) is 0 Å². The Hall–Kier alpha value is -3.10. The predicted molar refractivity (Wildman–Crippen MR) is 119 cm³/mol. The number of nitrogens with one attached hydrogen (secondary N) is 2. The summed E-state index contributed by atoms with van der Waals surface area (Å²) in [7, 11) is 0. The molecule has 0 aliphatic rings. The van der Waals surface area contributed by atoms with E-state index in [9.17, 15) is 9.59 Å².